The van der Waals surface area contributed by atoms with Crippen LogP contribution in [0.2, 0.25) is 0 Å². The molecule has 3 aromatic rings. The van der Waals surface area contributed by atoms with Crippen LogP contribution in [0.4, 0.5) is 19.1 Å². The van der Waals surface area contributed by atoms with Crippen LogP contribution in [0.1, 0.15) is 31.7 Å². The van der Waals surface area contributed by atoms with Gasteiger partial charge in [0.25, 0.3) is 0 Å². The highest BCUT2D eigenvalue weighted by Gasteiger charge is 2.36. The Kier molecular flexibility index (Phi) is 4.97. The van der Waals surface area contributed by atoms with Gasteiger partial charge in [-0.3, -0.25) is 0 Å². The Bertz CT molecular complexity index is 958. The van der Waals surface area contributed by atoms with Crippen LogP contribution in [0, 0.1) is 0 Å². The molecular weight excluding hydrogens is 367 g/mol. The standard InChI is InChI=1S/C20H22F3N5/c1-2-12-7-8-13(9-24-12)27-19-26-11-16(20(21,22)23)18(28-19)15-10-25-17-6-4-3-5-14(15)17/h3-6,10-13,24-25H,2,7-9H2,1H3,(H,26,27,28)/t12-,13+/m1/s1. The fraction of sp³-hybridized carbons (Fsp3) is 0.400. The largest absolute Gasteiger partial charge is 0.419 e. The van der Waals surface area contributed by atoms with Crippen LogP contribution in [0.15, 0.2) is 36.7 Å². The SMILES string of the molecule is CC[C@@H]1CC[C@H](Nc2ncc(C(F)(F)F)c(-c3c[nH]c4ccccc34)n2)CN1. The molecule has 8 heteroatoms. The number of H-pyrrole nitrogens is 1. The molecule has 0 unspecified atom stereocenters. The molecule has 0 amide bonds. The Morgan fingerprint density at radius 1 is 1.21 bits per heavy atom. The van der Waals surface area contributed by atoms with Crippen molar-refractivity contribution in [3.05, 3.63) is 42.2 Å². The van der Waals surface area contributed by atoms with Gasteiger partial charge in [0.15, 0.2) is 0 Å². The molecule has 1 aliphatic heterocycles. The summed E-state index contributed by atoms with van der Waals surface area (Å²) in [4.78, 5) is 11.2. The molecule has 0 aliphatic carbocycles. The third-order valence-electron chi connectivity index (χ3n) is 5.28. The summed E-state index contributed by atoms with van der Waals surface area (Å²) in [5.41, 5.74) is 0.232. The molecule has 0 bridgehead atoms. The first-order valence-electron chi connectivity index (χ1n) is 9.46. The third-order valence-corrected chi connectivity index (χ3v) is 5.28. The van der Waals surface area contributed by atoms with Crippen LogP contribution >= 0.6 is 0 Å². The van der Waals surface area contributed by atoms with E-state index in [9.17, 15) is 13.2 Å². The summed E-state index contributed by atoms with van der Waals surface area (Å²) in [6.07, 6.45) is 0.918. The quantitative estimate of drug-likeness (QED) is 0.611. The lowest BCUT2D eigenvalue weighted by molar-refractivity contribution is -0.137. The summed E-state index contributed by atoms with van der Waals surface area (Å²) >= 11 is 0. The maximum Gasteiger partial charge on any atom is 0.419 e. The molecule has 0 saturated carbocycles. The topological polar surface area (TPSA) is 65.6 Å². The molecule has 5 nitrogen and oxygen atoms in total. The minimum Gasteiger partial charge on any atom is -0.360 e. The number of para-hydroxylation sites is 1. The second kappa shape index (κ2) is 7.43. The number of alkyl halides is 3. The first-order chi connectivity index (χ1) is 13.5. The van der Waals surface area contributed by atoms with Gasteiger partial charge < -0.3 is 15.6 Å². The van der Waals surface area contributed by atoms with Gasteiger partial charge in [-0.25, -0.2) is 9.97 Å². The van der Waals surface area contributed by atoms with Crippen LogP contribution in [-0.2, 0) is 6.18 Å². The monoisotopic (exact) mass is 389 g/mol. The van der Waals surface area contributed by atoms with Crippen molar-refractivity contribution >= 4 is 16.9 Å². The van der Waals surface area contributed by atoms with Crippen molar-refractivity contribution in [1.29, 1.82) is 0 Å². The lowest BCUT2D eigenvalue weighted by Gasteiger charge is -2.30. The van der Waals surface area contributed by atoms with Crippen molar-refractivity contribution < 1.29 is 13.2 Å². The van der Waals surface area contributed by atoms with Crippen molar-refractivity contribution in [2.75, 3.05) is 11.9 Å². The number of nitrogens with zero attached hydrogens (tertiary/aromatic N) is 2. The van der Waals surface area contributed by atoms with Crippen LogP contribution in [0.3, 0.4) is 0 Å². The van der Waals surface area contributed by atoms with Gasteiger partial charge in [-0.1, -0.05) is 25.1 Å². The second-order valence-electron chi connectivity index (χ2n) is 7.13. The number of piperidine rings is 1. The fourth-order valence-corrected chi connectivity index (χ4v) is 3.70. The first-order valence-corrected chi connectivity index (χ1v) is 9.46. The van der Waals surface area contributed by atoms with Gasteiger partial charge in [0, 0.05) is 47.5 Å². The number of benzene rings is 1. The zero-order valence-electron chi connectivity index (χ0n) is 15.5. The van der Waals surface area contributed by atoms with E-state index in [4.69, 9.17) is 0 Å². The number of hydrogen-bond donors (Lipinski definition) is 3. The van der Waals surface area contributed by atoms with Crippen LogP contribution < -0.4 is 10.6 Å². The van der Waals surface area contributed by atoms with E-state index in [1.54, 1.807) is 18.3 Å². The first kappa shape index (κ1) is 18.7. The summed E-state index contributed by atoms with van der Waals surface area (Å²) in [6, 6.07) is 7.82. The molecular formula is C20H22F3N5. The zero-order chi connectivity index (χ0) is 19.7. The van der Waals surface area contributed by atoms with E-state index in [1.165, 1.54) is 0 Å². The van der Waals surface area contributed by atoms with Crippen molar-refractivity contribution in [3.8, 4) is 11.3 Å². The zero-order valence-corrected chi connectivity index (χ0v) is 15.5. The number of aromatic nitrogens is 3. The Labute approximate surface area is 160 Å². The van der Waals surface area contributed by atoms with Gasteiger partial charge >= 0.3 is 6.18 Å². The van der Waals surface area contributed by atoms with Gasteiger partial charge in [0.1, 0.15) is 5.56 Å². The Balaban J connectivity index is 1.69. The highest BCUT2D eigenvalue weighted by molar-refractivity contribution is 5.95. The minimum absolute atomic E-state index is 0.0929. The van der Waals surface area contributed by atoms with Crippen molar-refractivity contribution in [3.63, 3.8) is 0 Å². The summed E-state index contributed by atoms with van der Waals surface area (Å²) in [6.45, 7) is 2.88. The highest BCUT2D eigenvalue weighted by atomic mass is 19.4. The van der Waals surface area contributed by atoms with E-state index in [0.717, 1.165) is 37.5 Å². The summed E-state index contributed by atoms with van der Waals surface area (Å²) in [5, 5.41) is 7.33. The predicted octanol–water partition coefficient (Wildman–Crippen LogP) is 4.59. The second-order valence-corrected chi connectivity index (χ2v) is 7.13. The van der Waals surface area contributed by atoms with E-state index in [-0.39, 0.29) is 17.7 Å². The van der Waals surface area contributed by atoms with E-state index >= 15 is 0 Å². The number of rotatable bonds is 4. The van der Waals surface area contributed by atoms with E-state index in [0.29, 0.717) is 17.0 Å². The maximum atomic E-state index is 13.6. The van der Waals surface area contributed by atoms with Gasteiger partial charge in [-0.2, -0.15) is 13.2 Å². The number of fused-ring (bicyclic) bond motifs is 1. The van der Waals surface area contributed by atoms with Crippen molar-refractivity contribution in [2.24, 2.45) is 0 Å². The molecule has 1 aliphatic rings. The van der Waals surface area contributed by atoms with E-state index < -0.39 is 11.7 Å². The molecule has 1 fully saturated rings. The molecule has 1 aromatic carbocycles. The van der Waals surface area contributed by atoms with Crippen molar-refractivity contribution in [2.45, 2.75) is 44.4 Å². The molecule has 3 heterocycles. The van der Waals surface area contributed by atoms with Crippen LogP contribution in [0.5, 0.6) is 0 Å². The minimum atomic E-state index is -4.53. The van der Waals surface area contributed by atoms with Crippen LogP contribution in [-0.4, -0.2) is 33.6 Å². The Morgan fingerprint density at radius 3 is 2.75 bits per heavy atom. The average Bonchev–Trinajstić information content (AvgIpc) is 3.12. The smallest absolute Gasteiger partial charge is 0.360 e. The number of nitrogens with one attached hydrogen (secondary N) is 3. The number of hydrogen-bond acceptors (Lipinski definition) is 4. The third kappa shape index (κ3) is 3.69. The lowest BCUT2D eigenvalue weighted by Crippen LogP contribution is -2.44. The molecule has 4 rings (SSSR count). The number of aromatic amines is 1. The summed E-state index contributed by atoms with van der Waals surface area (Å²) in [5.74, 6) is 0.218. The van der Waals surface area contributed by atoms with Gasteiger partial charge in [0.2, 0.25) is 5.95 Å². The molecule has 2 atom stereocenters. The summed E-state index contributed by atoms with van der Waals surface area (Å²) in [7, 11) is 0. The highest BCUT2D eigenvalue weighted by Crippen LogP contribution is 2.38. The van der Waals surface area contributed by atoms with Gasteiger partial charge in [0.05, 0.1) is 5.69 Å². The lowest BCUT2D eigenvalue weighted by atomic mass is 9.99. The van der Waals surface area contributed by atoms with Gasteiger partial charge in [-0.05, 0) is 25.3 Å². The fourth-order valence-electron chi connectivity index (χ4n) is 3.70. The average molecular weight is 389 g/mol. The molecule has 3 N–H and O–H groups in total. The molecule has 1 saturated heterocycles. The normalized spacial score (nSPS) is 20.4. The molecule has 0 radical (unpaired) electrons. The van der Waals surface area contributed by atoms with Crippen LogP contribution in [0.25, 0.3) is 22.2 Å². The van der Waals surface area contributed by atoms with Gasteiger partial charge in [-0.15, -0.1) is 0 Å². The number of anilines is 1. The Hall–Kier alpha value is -2.61. The summed E-state index contributed by atoms with van der Waals surface area (Å²) < 4.78 is 40.8. The predicted molar refractivity (Wildman–Crippen MR) is 103 cm³/mol. The van der Waals surface area contributed by atoms with E-state index in [1.807, 2.05) is 12.1 Å². The molecule has 0 spiro atoms. The van der Waals surface area contributed by atoms with E-state index in [2.05, 4.69) is 32.5 Å². The number of halogens is 3. The maximum absolute atomic E-state index is 13.6. The molecule has 2 aromatic heterocycles. The van der Waals surface area contributed by atoms with Crippen molar-refractivity contribution in [1.82, 2.24) is 20.3 Å². The molecule has 28 heavy (non-hydrogen) atoms. The Morgan fingerprint density at radius 2 is 2.04 bits per heavy atom. The molecule has 148 valence electrons.